The van der Waals surface area contributed by atoms with Gasteiger partial charge in [-0.05, 0) is 24.6 Å². The molecule has 24 heavy (non-hydrogen) atoms. The first kappa shape index (κ1) is 19.0. The van der Waals surface area contributed by atoms with Crippen LogP contribution >= 0.6 is 0 Å². The molecular weight excluding hydrogens is 318 g/mol. The van der Waals surface area contributed by atoms with Gasteiger partial charge in [0.15, 0.2) is 0 Å². The van der Waals surface area contributed by atoms with Gasteiger partial charge in [0.25, 0.3) is 0 Å². The lowest BCUT2D eigenvalue weighted by Gasteiger charge is -2.12. The molecule has 0 amide bonds. The fourth-order valence-electron chi connectivity index (χ4n) is 1.75. The molecule has 1 aromatic rings. The highest BCUT2D eigenvalue weighted by molar-refractivity contribution is 5.99. The van der Waals surface area contributed by atoms with Crippen molar-refractivity contribution in [2.45, 2.75) is 13.3 Å². The highest BCUT2D eigenvalue weighted by Crippen LogP contribution is 2.26. The van der Waals surface area contributed by atoms with Gasteiger partial charge in [0.05, 0.1) is 39.0 Å². The number of phenols is 1. The van der Waals surface area contributed by atoms with Crippen LogP contribution in [0.4, 0.5) is 5.69 Å². The summed E-state index contributed by atoms with van der Waals surface area (Å²) in [6.45, 7) is 1.96. The van der Waals surface area contributed by atoms with E-state index in [0.717, 1.165) is 20.3 Å². The number of nitrogens with one attached hydrogen (secondary N) is 1. The zero-order valence-electron chi connectivity index (χ0n) is 13.6. The molecule has 0 aliphatic rings. The van der Waals surface area contributed by atoms with E-state index in [1.165, 1.54) is 12.1 Å². The SMILES string of the molecule is CCOC(=O)Cc1ccc(O)c(N/C(=C/C(=O)OC)C(=O)OC)c1. The van der Waals surface area contributed by atoms with Crippen LogP contribution in [0.1, 0.15) is 12.5 Å². The molecular formula is C16H19NO7. The second-order valence-electron chi connectivity index (χ2n) is 4.53. The number of rotatable bonds is 7. The maximum absolute atomic E-state index is 11.7. The molecule has 0 saturated heterocycles. The van der Waals surface area contributed by atoms with Gasteiger partial charge in [-0.15, -0.1) is 0 Å². The average molecular weight is 337 g/mol. The Bertz CT molecular complexity index is 652. The third-order valence-corrected chi connectivity index (χ3v) is 2.85. The molecule has 0 atom stereocenters. The van der Waals surface area contributed by atoms with E-state index < -0.39 is 17.9 Å². The second-order valence-corrected chi connectivity index (χ2v) is 4.53. The van der Waals surface area contributed by atoms with Crippen molar-refractivity contribution >= 4 is 23.6 Å². The third kappa shape index (κ3) is 5.64. The van der Waals surface area contributed by atoms with E-state index in [9.17, 15) is 19.5 Å². The molecule has 1 aromatic carbocycles. The molecule has 0 heterocycles. The van der Waals surface area contributed by atoms with Crippen LogP contribution in [0.15, 0.2) is 30.0 Å². The van der Waals surface area contributed by atoms with Crippen molar-refractivity contribution in [3.8, 4) is 5.75 Å². The van der Waals surface area contributed by atoms with Crippen LogP contribution in [-0.2, 0) is 35.0 Å². The predicted molar refractivity (Wildman–Crippen MR) is 84.2 cm³/mol. The number of anilines is 1. The quantitative estimate of drug-likeness (QED) is 0.330. The number of methoxy groups -OCH3 is 2. The summed E-state index contributed by atoms with van der Waals surface area (Å²) in [6, 6.07) is 4.35. The van der Waals surface area contributed by atoms with E-state index in [1.54, 1.807) is 13.0 Å². The van der Waals surface area contributed by atoms with Crippen LogP contribution < -0.4 is 5.32 Å². The molecule has 0 saturated carbocycles. The molecule has 0 aliphatic carbocycles. The molecule has 2 N–H and O–H groups in total. The summed E-state index contributed by atoms with van der Waals surface area (Å²) in [5.41, 5.74) is 0.446. The Kier molecular flexibility index (Phi) is 7.28. The largest absolute Gasteiger partial charge is 0.506 e. The normalized spacial score (nSPS) is 10.7. The number of aromatic hydroxyl groups is 1. The summed E-state index contributed by atoms with van der Waals surface area (Å²) >= 11 is 0. The second kappa shape index (κ2) is 9.19. The molecule has 0 aliphatic heterocycles. The van der Waals surface area contributed by atoms with Crippen LogP contribution in [0.5, 0.6) is 5.75 Å². The number of carbonyl (C=O) groups excluding carboxylic acids is 3. The minimum Gasteiger partial charge on any atom is -0.506 e. The fourth-order valence-corrected chi connectivity index (χ4v) is 1.75. The third-order valence-electron chi connectivity index (χ3n) is 2.85. The summed E-state index contributed by atoms with van der Waals surface area (Å²) in [6.07, 6.45) is 0.889. The molecule has 0 aromatic heterocycles. The van der Waals surface area contributed by atoms with Crippen molar-refractivity contribution in [3.05, 3.63) is 35.5 Å². The van der Waals surface area contributed by atoms with E-state index in [0.29, 0.717) is 5.56 Å². The van der Waals surface area contributed by atoms with Crippen LogP contribution in [-0.4, -0.2) is 43.8 Å². The number of benzene rings is 1. The molecule has 0 radical (unpaired) electrons. The van der Waals surface area contributed by atoms with E-state index in [1.807, 2.05) is 0 Å². The first-order valence-electron chi connectivity index (χ1n) is 7.03. The summed E-state index contributed by atoms with van der Waals surface area (Å²) in [7, 11) is 2.30. The van der Waals surface area contributed by atoms with E-state index in [2.05, 4.69) is 14.8 Å². The Morgan fingerprint density at radius 1 is 1.21 bits per heavy atom. The van der Waals surface area contributed by atoms with Crippen LogP contribution in [0, 0.1) is 0 Å². The molecule has 0 unspecified atom stereocenters. The van der Waals surface area contributed by atoms with Crippen LogP contribution in [0.3, 0.4) is 0 Å². The maximum Gasteiger partial charge on any atom is 0.354 e. The Morgan fingerprint density at radius 3 is 2.50 bits per heavy atom. The maximum atomic E-state index is 11.7. The molecule has 8 heteroatoms. The zero-order valence-corrected chi connectivity index (χ0v) is 13.6. The highest BCUT2D eigenvalue weighted by Gasteiger charge is 2.15. The Morgan fingerprint density at radius 2 is 1.92 bits per heavy atom. The van der Waals surface area contributed by atoms with Crippen molar-refractivity contribution in [1.82, 2.24) is 0 Å². The van der Waals surface area contributed by atoms with Crippen molar-refractivity contribution in [1.29, 1.82) is 0 Å². The van der Waals surface area contributed by atoms with Crippen molar-refractivity contribution in [3.63, 3.8) is 0 Å². The van der Waals surface area contributed by atoms with Gasteiger partial charge >= 0.3 is 17.9 Å². The summed E-state index contributed by atoms with van der Waals surface area (Å²) in [5, 5.41) is 12.5. The summed E-state index contributed by atoms with van der Waals surface area (Å²) in [4.78, 5) is 34.6. The van der Waals surface area contributed by atoms with Gasteiger partial charge in [0.1, 0.15) is 11.4 Å². The Balaban J connectivity index is 3.06. The van der Waals surface area contributed by atoms with Gasteiger partial charge in [0, 0.05) is 0 Å². The van der Waals surface area contributed by atoms with Crippen LogP contribution in [0.25, 0.3) is 0 Å². The highest BCUT2D eigenvalue weighted by atomic mass is 16.5. The van der Waals surface area contributed by atoms with Crippen molar-refractivity contribution in [2.75, 3.05) is 26.1 Å². The topological polar surface area (TPSA) is 111 Å². The molecule has 0 bridgehead atoms. The van der Waals surface area contributed by atoms with Gasteiger partial charge in [-0.3, -0.25) is 4.79 Å². The van der Waals surface area contributed by atoms with Gasteiger partial charge < -0.3 is 24.6 Å². The lowest BCUT2D eigenvalue weighted by atomic mass is 10.1. The molecule has 0 fully saturated rings. The van der Waals surface area contributed by atoms with E-state index >= 15 is 0 Å². The number of hydrogen-bond acceptors (Lipinski definition) is 8. The number of ether oxygens (including phenoxy) is 3. The number of phenolic OH excluding ortho intramolecular Hbond substituents is 1. The first-order valence-corrected chi connectivity index (χ1v) is 7.03. The van der Waals surface area contributed by atoms with Gasteiger partial charge in [0.2, 0.25) is 0 Å². The van der Waals surface area contributed by atoms with Gasteiger partial charge in [-0.1, -0.05) is 6.07 Å². The van der Waals surface area contributed by atoms with Crippen molar-refractivity contribution in [2.24, 2.45) is 0 Å². The predicted octanol–water partition coefficient (Wildman–Crippen LogP) is 1.14. The summed E-state index contributed by atoms with van der Waals surface area (Å²) < 4.78 is 13.9. The minimum absolute atomic E-state index is 0.00290. The lowest BCUT2D eigenvalue weighted by molar-refractivity contribution is -0.142. The first-order chi connectivity index (χ1) is 11.4. The van der Waals surface area contributed by atoms with E-state index in [-0.39, 0.29) is 30.2 Å². The summed E-state index contributed by atoms with van der Waals surface area (Å²) in [5.74, 6) is -2.20. The molecule has 1 rings (SSSR count). The zero-order chi connectivity index (χ0) is 18.1. The Hall–Kier alpha value is -3.03. The molecule has 8 nitrogen and oxygen atoms in total. The molecule has 0 spiro atoms. The Labute approximate surface area is 139 Å². The van der Waals surface area contributed by atoms with Gasteiger partial charge in [-0.25, -0.2) is 9.59 Å². The van der Waals surface area contributed by atoms with E-state index in [4.69, 9.17) is 4.74 Å². The number of hydrogen-bond donors (Lipinski definition) is 2. The minimum atomic E-state index is -0.824. The monoisotopic (exact) mass is 337 g/mol. The standard InChI is InChI=1S/C16H19NO7/c1-4-24-15(20)8-10-5-6-13(18)11(7-10)17-12(16(21)23-3)9-14(19)22-2/h5-7,9,17-18H,4,8H2,1-3H3/b12-9+. The van der Waals surface area contributed by atoms with Crippen LogP contribution in [0.2, 0.25) is 0 Å². The lowest BCUT2D eigenvalue weighted by Crippen LogP contribution is -2.16. The van der Waals surface area contributed by atoms with Crippen molar-refractivity contribution < 1.29 is 33.7 Å². The van der Waals surface area contributed by atoms with Gasteiger partial charge in [-0.2, -0.15) is 0 Å². The fraction of sp³-hybridized carbons (Fsp3) is 0.312. The number of esters is 3. The smallest absolute Gasteiger partial charge is 0.354 e. The average Bonchev–Trinajstić information content (AvgIpc) is 2.56. The number of carbonyl (C=O) groups is 3. The molecule has 130 valence electrons.